The van der Waals surface area contributed by atoms with Crippen LogP contribution in [0.15, 0.2) is 10.6 Å². The fourth-order valence-corrected chi connectivity index (χ4v) is 1.59. The first kappa shape index (κ1) is 14.7. The summed E-state index contributed by atoms with van der Waals surface area (Å²) in [5, 5.41) is 15.3. The second kappa shape index (κ2) is 7.84. The average Bonchev–Trinajstić information content (AvgIpc) is 2.83. The second-order valence-corrected chi connectivity index (χ2v) is 4.11. The van der Waals surface area contributed by atoms with E-state index < -0.39 is 0 Å². The molecule has 1 atom stereocenters. The standard InChI is InChI=1S/C12H20N2O4/c1-3-9(4-5-15)7-13-12(16)11-6-10(8-17-2)18-14-11/h6,9,15H,3-5,7-8H2,1-2H3,(H,13,16). The molecule has 0 bridgehead atoms. The summed E-state index contributed by atoms with van der Waals surface area (Å²) in [6.45, 7) is 2.99. The minimum Gasteiger partial charge on any atom is -0.396 e. The first-order valence-electron chi connectivity index (χ1n) is 6.04. The zero-order valence-electron chi connectivity index (χ0n) is 10.8. The Balaban J connectivity index is 2.43. The Kier molecular flexibility index (Phi) is 6.38. The molecular weight excluding hydrogens is 236 g/mol. The van der Waals surface area contributed by atoms with Crippen molar-refractivity contribution in [2.75, 3.05) is 20.3 Å². The lowest BCUT2D eigenvalue weighted by Gasteiger charge is -2.13. The van der Waals surface area contributed by atoms with E-state index in [1.807, 2.05) is 6.92 Å². The van der Waals surface area contributed by atoms with Crippen molar-refractivity contribution in [3.8, 4) is 0 Å². The van der Waals surface area contributed by atoms with E-state index in [9.17, 15) is 4.79 Å². The van der Waals surface area contributed by atoms with Crippen LogP contribution < -0.4 is 5.32 Å². The van der Waals surface area contributed by atoms with Crippen LogP contribution >= 0.6 is 0 Å². The van der Waals surface area contributed by atoms with Crippen LogP contribution in [0.25, 0.3) is 0 Å². The highest BCUT2D eigenvalue weighted by Gasteiger charge is 2.14. The quantitative estimate of drug-likeness (QED) is 0.723. The van der Waals surface area contributed by atoms with Gasteiger partial charge in [0.1, 0.15) is 6.61 Å². The SMILES string of the molecule is CCC(CCO)CNC(=O)c1cc(COC)on1. The van der Waals surface area contributed by atoms with Crippen molar-refractivity contribution < 1.29 is 19.2 Å². The van der Waals surface area contributed by atoms with Gasteiger partial charge in [0.25, 0.3) is 5.91 Å². The summed E-state index contributed by atoms with van der Waals surface area (Å²) >= 11 is 0. The number of aliphatic hydroxyl groups excluding tert-OH is 1. The van der Waals surface area contributed by atoms with E-state index in [0.29, 0.717) is 25.3 Å². The van der Waals surface area contributed by atoms with E-state index >= 15 is 0 Å². The Morgan fingerprint density at radius 3 is 3.06 bits per heavy atom. The highest BCUT2D eigenvalue weighted by Crippen LogP contribution is 2.07. The van der Waals surface area contributed by atoms with E-state index in [-0.39, 0.29) is 24.1 Å². The first-order chi connectivity index (χ1) is 8.71. The van der Waals surface area contributed by atoms with Gasteiger partial charge in [0.2, 0.25) is 0 Å². The number of aliphatic hydroxyl groups is 1. The van der Waals surface area contributed by atoms with E-state index in [1.165, 1.54) is 0 Å². The van der Waals surface area contributed by atoms with Gasteiger partial charge in [0.05, 0.1) is 0 Å². The van der Waals surface area contributed by atoms with Crippen LogP contribution in [-0.2, 0) is 11.3 Å². The predicted molar refractivity (Wildman–Crippen MR) is 65.0 cm³/mol. The molecule has 1 amide bonds. The molecule has 1 unspecified atom stereocenters. The van der Waals surface area contributed by atoms with Crippen LogP contribution in [0.1, 0.15) is 36.0 Å². The van der Waals surface area contributed by atoms with Gasteiger partial charge in [-0.1, -0.05) is 18.5 Å². The molecule has 6 nitrogen and oxygen atoms in total. The second-order valence-electron chi connectivity index (χ2n) is 4.11. The van der Waals surface area contributed by atoms with Crippen molar-refractivity contribution in [2.24, 2.45) is 5.92 Å². The van der Waals surface area contributed by atoms with Crippen molar-refractivity contribution in [2.45, 2.75) is 26.4 Å². The maximum Gasteiger partial charge on any atom is 0.273 e. The van der Waals surface area contributed by atoms with Crippen molar-refractivity contribution in [1.29, 1.82) is 0 Å². The van der Waals surface area contributed by atoms with Gasteiger partial charge in [-0.25, -0.2) is 0 Å². The Labute approximate surface area is 106 Å². The topological polar surface area (TPSA) is 84.6 Å². The molecule has 0 fully saturated rings. The van der Waals surface area contributed by atoms with Gasteiger partial charge in [0.15, 0.2) is 11.5 Å². The number of methoxy groups -OCH3 is 1. The third-order valence-corrected chi connectivity index (χ3v) is 2.74. The van der Waals surface area contributed by atoms with Crippen LogP contribution in [0.5, 0.6) is 0 Å². The zero-order valence-corrected chi connectivity index (χ0v) is 10.8. The summed E-state index contributed by atoms with van der Waals surface area (Å²) in [5.74, 6) is 0.534. The van der Waals surface area contributed by atoms with Crippen LogP contribution in [-0.4, -0.2) is 36.4 Å². The van der Waals surface area contributed by atoms with Crippen molar-refractivity contribution in [3.63, 3.8) is 0 Å². The van der Waals surface area contributed by atoms with E-state index in [0.717, 1.165) is 6.42 Å². The van der Waals surface area contributed by atoms with E-state index in [4.69, 9.17) is 14.4 Å². The molecule has 0 radical (unpaired) electrons. The summed E-state index contributed by atoms with van der Waals surface area (Å²) in [5.41, 5.74) is 0.251. The smallest absolute Gasteiger partial charge is 0.273 e. The number of carbonyl (C=O) groups excluding carboxylic acids is 1. The maximum atomic E-state index is 11.7. The Morgan fingerprint density at radius 2 is 2.44 bits per heavy atom. The number of ether oxygens (including phenoxy) is 1. The van der Waals surface area contributed by atoms with Crippen LogP contribution in [0, 0.1) is 5.92 Å². The third-order valence-electron chi connectivity index (χ3n) is 2.74. The predicted octanol–water partition coefficient (Wildman–Crippen LogP) is 0.959. The van der Waals surface area contributed by atoms with Crippen molar-refractivity contribution >= 4 is 5.91 Å². The zero-order chi connectivity index (χ0) is 13.4. The fourth-order valence-electron chi connectivity index (χ4n) is 1.59. The Hall–Kier alpha value is -1.40. The summed E-state index contributed by atoms with van der Waals surface area (Å²) in [6.07, 6.45) is 1.60. The molecule has 0 saturated heterocycles. The molecule has 6 heteroatoms. The van der Waals surface area contributed by atoms with Gasteiger partial charge >= 0.3 is 0 Å². The number of carbonyl (C=O) groups is 1. The van der Waals surface area contributed by atoms with E-state index in [1.54, 1.807) is 13.2 Å². The third kappa shape index (κ3) is 4.46. The maximum absolute atomic E-state index is 11.7. The number of amides is 1. The lowest BCUT2D eigenvalue weighted by molar-refractivity contribution is 0.0933. The molecule has 0 aromatic carbocycles. The molecule has 0 aliphatic heterocycles. The van der Waals surface area contributed by atoms with Gasteiger partial charge < -0.3 is 19.7 Å². The highest BCUT2D eigenvalue weighted by atomic mass is 16.5. The van der Waals surface area contributed by atoms with Crippen LogP contribution in [0.3, 0.4) is 0 Å². The molecule has 0 spiro atoms. The Morgan fingerprint density at radius 1 is 1.67 bits per heavy atom. The van der Waals surface area contributed by atoms with Crippen LogP contribution in [0.2, 0.25) is 0 Å². The van der Waals surface area contributed by atoms with Gasteiger partial charge in [0, 0.05) is 26.3 Å². The number of nitrogens with zero attached hydrogens (tertiary/aromatic N) is 1. The summed E-state index contributed by atoms with van der Waals surface area (Å²) in [6, 6.07) is 1.56. The normalized spacial score (nSPS) is 12.4. The minimum atomic E-state index is -0.266. The van der Waals surface area contributed by atoms with Gasteiger partial charge in [-0.2, -0.15) is 0 Å². The largest absolute Gasteiger partial charge is 0.396 e. The van der Waals surface area contributed by atoms with Crippen LogP contribution in [0.4, 0.5) is 0 Å². The minimum absolute atomic E-state index is 0.135. The molecule has 0 saturated carbocycles. The molecular formula is C12H20N2O4. The van der Waals surface area contributed by atoms with Gasteiger partial charge in [-0.15, -0.1) is 0 Å². The molecule has 102 valence electrons. The monoisotopic (exact) mass is 256 g/mol. The molecule has 18 heavy (non-hydrogen) atoms. The first-order valence-corrected chi connectivity index (χ1v) is 6.04. The molecule has 0 aliphatic rings. The summed E-state index contributed by atoms with van der Waals surface area (Å²) in [7, 11) is 1.54. The lowest BCUT2D eigenvalue weighted by Crippen LogP contribution is -2.29. The fraction of sp³-hybridized carbons (Fsp3) is 0.667. The average molecular weight is 256 g/mol. The summed E-state index contributed by atoms with van der Waals surface area (Å²) < 4.78 is 9.81. The van der Waals surface area contributed by atoms with E-state index in [2.05, 4.69) is 10.5 Å². The number of aromatic nitrogens is 1. The molecule has 1 heterocycles. The number of rotatable bonds is 8. The molecule has 0 aliphatic carbocycles. The molecule has 1 rings (SSSR count). The number of hydrogen-bond acceptors (Lipinski definition) is 5. The van der Waals surface area contributed by atoms with Gasteiger partial charge in [-0.3, -0.25) is 4.79 Å². The summed E-state index contributed by atoms with van der Waals surface area (Å²) in [4.78, 5) is 11.7. The molecule has 1 aromatic heterocycles. The highest BCUT2D eigenvalue weighted by molar-refractivity contribution is 5.92. The lowest BCUT2D eigenvalue weighted by atomic mass is 10.0. The molecule has 1 aromatic rings. The number of hydrogen-bond donors (Lipinski definition) is 2. The van der Waals surface area contributed by atoms with Crippen molar-refractivity contribution in [1.82, 2.24) is 10.5 Å². The molecule has 2 N–H and O–H groups in total. The van der Waals surface area contributed by atoms with Crippen molar-refractivity contribution in [3.05, 3.63) is 17.5 Å². The van der Waals surface area contributed by atoms with Gasteiger partial charge in [-0.05, 0) is 12.3 Å². The Bertz CT molecular complexity index is 365. The number of nitrogens with one attached hydrogen (secondary N) is 1.